The summed E-state index contributed by atoms with van der Waals surface area (Å²) in [6.45, 7) is 16.5. The van der Waals surface area contributed by atoms with Gasteiger partial charge in [0.1, 0.15) is 11.6 Å². The molecule has 0 aliphatic carbocycles. The topological polar surface area (TPSA) is 67.2 Å². The van der Waals surface area contributed by atoms with Crippen molar-refractivity contribution in [2.75, 3.05) is 31.1 Å². The lowest BCUT2D eigenvalue weighted by atomic mass is 9.84. The van der Waals surface area contributed by atoms with Gasteiger partial charge in [0.15, 0.2) is 5.65 Å². The molecule has 7 nitrogen and oxygen atoms in total. The van der Waals surface area contributed by atoms with Gasteiger partial charge in [-0.25, -0.2) is 14.6 Å². The predicted octanol–water partition coefficient (Wildman–Crippen LogP) is 5.52. The lowest BCUT2D eigenvalue weighted by Crippen LogP contribution is -2.36. The van der Waals surface area contributed by atoms with Crippen LogP contribution in [0, 0.1) is 17.3 Å². The van der Waals surface area contributed by atoms with Crippen molar-refractivity contribution >= 4 is 22.8 Å². The van der Waals surface area contributed by atoms with Crippen molar-refractivity contribution in [1.82, 2.24) is 24.6 Å². The molecule has 1 aliphatic heterocycles. The van der Waals surface area contributed by atoms with Crippen LogP contribution in [0.5, 0.6) is 0 Å². The summed E-state index contributed by atoms with van der Waals surface area (Å²) in [5.74, 6) is 2.90. The first-order valence-electron chi connectivity index (χ1n) is 13.4. The molecule has 1 aromatic carbocycles. The van der Waals surface area contributed by atoms with Gasteiger partial charge in [0.05, 0.1) is 17.3 Å². The van der Waals surface area contributed by atoms with Crippen LogP contribution in [0.3, 0.4) is 0 Å². The number of rotatable bonds is 7. The van der Waals surface area contributed by atoms with Crippen molar-refractivity contribution in [3.8, 4) is 5.69 Å². The molecule has 7 heteroatoms. The Morgan fingerprint density at radius 2 is 1.75 bits per heavy atom. The second-order valence-electron chi connectivity index (χ2n) is 12.0. The molecule has 3 aromatic rings. The Bertz CT molecular complexity index is 1160. The molecule has 1 fully saturated rings. The van der Waals surface area contributed by atoms with Gasteiger partial charge in [0.25, 0.3) is 0 Å². The summed E-state index contributed by atoms with van der Waals surface area (Å²) in [7, 11) is 0. The molecule has 2 aromatic heterocycles. The van der Waals surface area contributed by atoms with Crippen LogP contribution >= 0.6 is 0 Å². The lowest BCUT2D eigenvalue weighted by Gasteiger charge is -2.26. The second-order valence-corrected chi connectivity index (χ2v) is 12.0. The summed E-state index contributed by atoms with van der Waals surface area (Å²) in [6, 6.07) is 10.1. The molecule has 3 heterocycles. The Labute approximate surface area is 215 Å². The lowest BCUT2D eigenvalue weighted by molar-refractivity contribution is -0.132. The number of benzene rings is 1. The zero-order chi connectivity index (χ0) is 25.9. The Balaban J connectivity index is 1.57. The zero-order valence-electron chi connectivity index (χ0n) is 22.9. The first kappa shape index (κ1) is 26.1. The molecular formula is C29H42N6O. The molecule has 0 unspecified atom stereocenters. The number of para-hydroxylation sites is 1. The third kappa shape index (κ3) is 6.42. The smallest absolute Gasteiger partial charge is 0.222 e. The van der Waals surface area contributed by atoms with Gasteiger partial charge in [0.2, 0.25) is 5.91 Å². The fraction of sp³-hybridized carbons (Fsp3) is 0.586. The maximum Gasteiger partial charge on any atom is 0.222 e. The van der Waals surface area contributed by atoms with Crippen LogP contribution < -0.4 is 4.90 Å². The van der Waals surface area contributed by atoms with E-state index in [1.165, 1.54) is 0 Å². The van der Waals surface area contributed by atoms with Gasteiger partial charge in [0, 0.05) is 39.0 Å². The Hall–Kier alpha value is -2.96. The Morgan fingerprint density at radius 3 is 2.44 bits per heavy atom. The highest BCUT2D eigenvalue weighted by atomic mass is 16.2. The number of carbonyl (C=O) groups excluding carboxylic acids is 1. The molecule has 36 heavy (non-hydrogen) atoms. The number of amides is 1. The van der Waals surface area contributed by atoms with Gasteiger partial charge >= 0.3 is 0 Å². The van der Waals surface area contributed by atoms with E-state index in [0.29, 0.717) is 18.3 Å². The van der Waals surface area contributed by atoms with Crippen molar-refractivity contribution in [2.45, 2.75) is 67.2 Å². The minimum atomic E-state index is 0.242. The number of carbonyl (C=O) groups is 1. The highest BCUT2D eigenvalue weighted by molar-refractivity contribution is 5.88. The molecule has 0 saturated carbocycles. The standard InChI is InChI=1S/C29H42N6O/c1-21(2)17-25-31-27(24-20-30-35(28(24)32-25)23-11-8-7-9-12-23)34-14-10-13-33(15-16-34)26(36)18-22(3)19-29(4,5)6/h7-9,11-12,20-22H,10,13-19H2,1-6H3/t22-/m0/s1. The molecule has 4 rings (SSSR count). The van der Waals surface area contributed by atoms with Gasteiger partial charge < -0.3 is 9.80 Å². The Morgan fingerprint density at radius 1 is 1.00 bits per heavy atom. The van der Waals surface area contributed by atoms with E-state index in [1.807, 2.05) is 41.2 Å². The Kier molecular flexibility index (Phi) is 7.96. The number of fused-ring (bicyclic) bond motifs is 1. The zero-order valence-corrected chi connectivity index (χ0v) is 22.9. The fourth-order valence-corrected chi connectivity index (χ4v) is 5.32. The van der Waals surface area contributed by atoms with E-state index >= 15 is 0 Å². The van der Waals surface area contributed by atoms with Crippen LogP contribution in [-0.4, -0.2) is 56.7 Å². The summed E-state index contributed by atoms with van der Waals surface area (Å²) in [5.41, 5.74) is 2.07. The van der Waals surface area contributed by atoms with Crippen molar-refractivity contribution in [3.05, 3.63) is 42.4 Å². The number of hydrogen-bond acceptors (Lipinski definition) is 5. The van der Waals surface area contributed by atoms with Crippen molar-refractivity contribution in [1.29, 1.82) is 0 Å². The number of aromatic nitrogens is 4. The molecule has 0 N–H and O–H groups in total. The monoisotopic (exact) mass is 490 g/mol. The molecule has 194 valence electrons. The number of anilines is 1. The number of nitrogens with zero attached hydrogens (tertiary/aromatic N) is 6. The largest absolute Gasteiger partial charge is 0.354 e. The third-order valence-corrected chi connectivity index (χ3v) is 6.68. The molecule has 1 saturated heterocycles. The third-order valence-electron chi connectivity index (χ3n) is 6.68. The quantitative estimate of drug-likeness (QED) is 0.437. The van der Waals surface area contributed by atoms with Crippen molar-refractivity contribution < 1.29 is 4.79 Å². The summed E-state index contributed by atoms with van der Waals surface area (Å²) in [4.78, 5) is 27.5. The van der Waals surface area contributed by atoms with E-state index in [-0.39, 0.29) is 11.3 Å². The minimum absolute atomic E-state index is 0.242. The maximum absolute atomic E-state index is 13.1. The van der Waals surface area contributed by atoms with E-state index in [4.69, 9.17) is 15.1 Å². The van der Waals surface area contributed by atoms with E-state index < -0.39 is 0 Å². The van der Waals surface area contributed by atoms with Gasteiger partial charge in [-0.3, -0.25) is 4.79 Å². The van der Waals surface area contributed by atoms with Crippen molar-refractivity contribution in [3.63, 3.8) is 0 Å². The van der Waals surface area contributed by atoms with Gasteiger partial charge in [-0.1, -0.05) is 59.7 Å². The maximum atomic E-state index is 13.1. The molecule has 0 spiro atoms. The molecule has 0 bridgehead atoms. The van der Waals surface area contributed by atoms with Crippen molar-refractivity contribution in [2.24, 2.45) is 17.3 Å². The van der Waals surface area contributed by atoms with E-state index in [2.05, 4.69) is 51.3 Å². The second kappa shape index (κ2) is 11.0. The van der Waals surface area contributed by atoms with Crippen LogP contribution in [-0.2, 0) is 11.2 Å². The predicted molar refractivity (Wildman–Crippen MR) is 146 cm³/mol. The molecule has 1 atom stereocenters. The van der Waals surface area contributed by atoms with E-state index in [1.54, 1.807) is 0 Å². The van der Waals surface area contributed by atoms with Gasteiger partial charge in [-0.15, -0.1) is 0 Å². The van der Waals surface area contributed by atoms with E-state index in [9.17, 15) is 4.79 Å². The van der Waals surface area contributed by atoms with Gasteiger partial charge in [-0.05, 0) is 42.2 Å². The molecule has 1 aliphatic rings. The average Bonchev–Trinajstić information content (AvgIpc) is 3.06. The summed E-state index contributed by atoms with van der Waals surface area (Å²) < 4.78 is 1.91. The summed E-state index contributed by atoms with van der Waals surface area (Å²) >= 11 is 0. The van der Waals surface area contributed by atoms with Crippen LogP contribution in [0.25, 0.3) is 16.7 Å². The summed E-state index contributed by atoms with van der Waals surface area (Å²) in [6.07, 6.45) is 5.31. The molecular weight excluding hydrogens is 448 g/mol. The fourth-order valence-electron chi connectivity index (χ4n) is 5.32. The van der Waals surface area contributed by atoms with Crippen LogP contribution in [0.4, 0.5) is 5.82 Å². The molecule has 0 radical (unpaired) electrons. The number of hydrogen-bond donors (Lipinski definition) is 0. The summed E-state index contributed by atoms with van der Waals surface area (Å²) in [5, 5.41) is 5.66. The normalized spacial score (nSPS) is 16.0. The highest BCUT2D eigenvalue weighted by Crippen LogP contribution is 2.29. The average molecular weight is 491 g/mol. The van der Waals surface area contributed by atoms with Gasteiger partial charge in [-0.2, -0.15) is 5.10 Å². The first-order chi connectivity index (χ1) is 17.1. The molecule has 1 amide bonds. The SMILES string of the molecule is CC(C)Cc1nc(N2CCCN(C(=O)C[C@H](C)CC(C)(C)C)CC2)c2cnn(-c3ccccc3)c2n1. The first-order valence-corrected chi connectivity index (χ1v) is 13.4. The minimum Gasteiger partial charge on any atom is -0.354 e. The van der Waals surface area contributed by atoms with Crippen LogP contribution in [0.15, 0.2) is 36.5 Å². The van der Waals surface area contributed by atoms with Crippen LogP contribution in [0.1, 0.15) is 66.6 Å². The van der Waals surface area contributed by atoms with E-state index in [0.717, 1.165) is 73.8 Å². The van der Waals surface area contributed by atoms with Crippen LogP contribution in [0.2, 0.25) is 0 Å². The highest BCUT2D eigenvalue weighted by Gasteiger charge is 2.25.